The van der Waals surface area contributed by atoms with Crippen LogP contribution in [0.4, 0.5) is 5.00 Å². The van der Waals surface area contributed by atoms with Crippen molar-refractivity contribution in [3.05, 3.63) is 5.69 Å². The van der Waals surface area contributed by atoms with E-state index in [9.17, 15) is 0 Å². The molecule has 7 heteroatoms. The third kappa shape index (κ3) is 3.61. The van der Waals surface area contributed by atoms with Crippen molar-refractivity contribution >= 4 is 16.5 Å². The van der Waals surface area contributed by atoms with Gasteiger partial charge >= 0.3 is 0 Å². The summed E-state index contributed by atoms with van der Waals surface area (Å²) in [6.07, 6.45) is 3.78. The van der Waals surface area contributed by atoms with Crippen molar-refractivity contribution in [2.24, 2.45) is 5.84 Å². The molecule has 2 rings (SSSR count). The summed E-state index contributed by atoms with van der Waals surface area (Å²) in [5, 5.41) is 4.97. The predicted molar refractivity (Wildman–Crippen MR) is 72.3 cm³/mol. The van der Waals surface area contributed by atoms with Crippen LogP contribution in [-0.2, 0) is 11.3 Å². The number of rotatable bonds is 6. The molecule has 1 fully saturated rings. The first-order valence-electron chi connectivity index (χ1n) is 6.45. The van der Waals surface area contributed by atoms with E-state index in [2.05, 4.69) is 26.8 Å². The van der Waals surface area contributed by atoms with E-state index in [-0.39, 0.29) is 0 Å². The fraction of sp³-hybridized carbons (Fsp3) is 0.818. The van der Waals surface area contributed by atoms with Crippen LogP contribution in [0.2, 0.25) is 0 Å². The Morgan fingerprint density at radius 2 is 2.50 bits per heavy atom. The molecule has 1 saturated heterocycles. The number of nitrogens with zero attached hydrogens (tertiary/aromatic N) is 3. The van der Waals surface area contributed by atoms with Crippen molar-refractivity contribution in [3.8, 4) is 0 Å². The van der Waals surface area contributed by atoms with Crippen LogP contribution >= 0.6 is 11.5 Å². The summed E-state index contributed by atoms with van der Waals surface area (Å²) < 4.78 is 9.74. The molecule has 0 aliphatic carbocycles. The van der Waals surface area contributed by atoms with Gasteiger partial charge in [-0.05, 0) is 25.8 Å². The number of piperidine rings is 1. The molecule has 0 spiro atoms. The molecular weight excluding hydrogens is 250 g/mol. The van der Waals surface area contributed by atoms with Crippen molar-refractivity contribution in [1.29, 1.82) is 0 Å². The van der Waals surface area contributed by atoms with Crippen LogP contribution in [0.15, 0.2) is 0 Å². The minimum absolute atomic E-state index is 0.361. The monoisotopic (exact) mass is 271 g/mol. The summed E-state index contributed by atoms with van der Waals surface area (Å²) in [7, 11) is 0. The lowest BCUT2D eigenvalue weighted by atomic mass is 10.1. The maximum absolute atomic E-state index is 5.82. The van der Waals surface area contributed by atoms with E-state index in [4.69, 9.17) is 10.6 Å². The molecule has 2 heterocycles. The number of hydrogen-bond donors (Lipinski definition) is 2. The first-order chi connectivity index (χ1) is 8.83. The second kappa shape index (κ2) is 6.98. The lowest BCUT2D eigenvalue weighted by Gasteiger charge is -2.32. The molecular formula is C11H21N5OS. The lowest BCUT2D eigenvalue weighted by molar-refractivity contribution is -0.00248. The van der Waals surface area contributed by atoms with Crippen molar-refractivity contribution < 1.29 is 4.74 Å². The van der Waals surface area contributed by atoms with Crippen molar-refractivity contribution in [1.82, 2.24) is 14.5 Å². The Morgan fingerprint density at radius 1 is 1.61 bits per heavy atom. The Bertz CT molecular complexity index is 359. The van der Waals surface area contributed by atoms with E-state index in [1.165, 1.54) is 18.0 Å². The smallest absolute Gasteiger partial charge is 0.148 e. The average Bonchev–Trinajstić information content (AvgIpc) is 2.84. The highest BCUT2D eigenvalue weighted by Gasteiger charge is 2.22. The lowest BCUT2D eigenvalue weighted by Crippen LogP contribution is -2.39. The topological polar surface area (TPSA) is 76.3 Å². The maximum Gasteiger partial charge on any atom is 0.148 e. The summed E-state index contributed by atoms with van der Waals surface area (Å²) >= 11 is 1.30. The van der Waals surface area contributed by atoms with Gasteiger partial charge in [-0.25, -0.2) is 5.84 Å². The Labute approximate surface area is 112 Å². The fourth-order valence-electron chi connectivity index (χ4n) is 2.21. The number of nitrogens with two attached hydrogens (primary N) is 1. The largest absolute Gasteiger partial charge is 0.377 e. The number of hydrazine groups is 1. The van der Waals surface area contributed by atoms with Crippen LogP contribution in [0.1, 0.15) is 31.9 Å². The van der Waals surface area contributed by atoms with Crippen LogP contribution < -0.4 is 11.3 Å². The SMILES string of the molecule is CCCOC1CCCN(Cc2nnsc2NN)C1. The zero-order valence-corrected chi connectivity index (χ0v) is 11.6. The summed E-state index contributed by atoms with van der Waals surface area (Å²) in [4.78, 5) is 2.36. The van der Waals surface area contributed by atoms with Gasteiger partial charge in [0.05, 0.1) is 6.10 Å². The van der Waals surface area contributed by atoms with Gasteiger partial charge in [-0.2, -0.15) is 0 Å². The van der Waals surface area contributed by atoms with Crippen LogP contribution in [0.5, 0.6) is 0 Å². The number of ether oxygens (including phenoxy) is 1. The minimum atomic E-state index is 0.361. The quantitative estimate of drug-likeness (QED) is 0.598. The summed E-state index contributed by atoms with van der Waals surface area (Å²) in [6.45, 7) is 5.85. The molecule has 1 aliphatic heterocycles. The molecule has 1 aromatic rings. The maximum atomic E-state index is 5.82. The number of anilines is 1. The standard InChI is InChI=1S/C11H21N5OS/c1-2-6-17-9-4-3-5-16(7-9)8-10-11(13-12)18-15-14-10/h9,13H,2-8,12H2,1H3. The van der Waals surface area contributed by atoms with Crippen LogP contribution in [0.25, 0.3) is 0 Å². The molecule has 0 aromatic carbocycles. The van der Waals surface area contributed by atoms with Gasteiger partial charge in [0.25, 0.3) is 0 Å². The van der Waals surface area contributed by atoms with Gasteiger partial charge < -0.3 is 10.2 Å². The predicted octanol–water partition coefficient (Wildman–Crippen LogP) is 1.21. The first kappa shape index (κ1) is 13.7. The summed E-state index contributed by atoms with van der Waals surface area (Å²) in [5.74, 6) is 5.43. The molecule has 1 aliphatic rings. The van der Waals surface area contributed by atoms with E-state index in [1.807, 2.05) is 0 Å². The Morgan fingerprint density at radius 3 is 3.28 bits per heavy atom. The number of hydrogen-bond acceptors (Lipinski definition) is 7. The molecule has 18 heavy (non-hydrogen) atoms. The second-order valence-corrected chi connectivity index (χ2v) is 5.32. The Balaban J connectivity index is 1.85. The van der Waals surface area contributed by atoms with Gasteiger partial charge in [0, 0.05) is 31.2 Å². The molecule has 6 nitrogen and oxygen atoms in total. The second-order valence-electron chi connectivity index (χ2n) is 4.56. The van der Waals surface area contributed by atoms with E-state index >= 15 is 0 Å². The van der Waals surface area contributed by atoms with E-state index < -0.39 is 0 Å². The minimum Gasteiger partial charge on any atom is -0.377 e. The first-order valence-corrected chi connectivity index (χ1v) is 7.22. The van der Waals surface area contributed by atoms with E-state index in [1.54, 1.807) is 0 Å². The van der Waals surface area contributed by atoms with Crippen LogP contribution in [0, 0.1) is 0 Å². The van der Waals surface area contributed by atoms with Crippen molar-refractivity contribution in [3.63, 3.8) is 0 Å². The van der Waals surface area contributed by atoms with Gasteiger partial charge in [-0.15, -0.1) is 5.10 Å². The zero-order chi connectivity index (χ0) is 12.8. The molecule has 1 aromatic heterocycles. The molecule has 102 valence electrons. The Kier molecular flexibility index (Phi) is 5.30. The molecule has 0 radical (unpaired) electrons. The van der Waals surface area contributed by atoms with Gasteiger partial charge in [0.15, 0.2) is 0 Å². The van der Waals surface area contributed by atoms with Gasteiger partial charge in [-0.1, -0.05) is 11.4 Å². The third-order valence-electron chi connectivity index (χ3n) is 3.08. The summed E-state index contributed by atoms with van der Waals surface area (Å²) in [6, 6.07) is 0. The van der Waals surface area contributed by atoms with Gasteiger partial charge in [0.1, 0.15) is 10.7 Å². The highest BCUT2D eigenvalue weighted by molar-refractivity contribution is 7.10. The van der Waals surface area contributed by atoms with E-state index in [0.717, 1.165) is 49.8 Å². The highest BCUT2D eigenvalue weighted by Crippen LogP contribution is 2.21. The van der Waals surface area contributed by atoms with Crippen molar-refractivity contribution in [2.75, 3.05) is 25.1 Å². The zero-order valence-electron chi connectivity index (χ0n) is 10.8. The van der Waals surface area contributed by atoms with Gasteiger partial charge in [0.2, 0.25) is 0 Å². The fourth-order valence-corrected chi connectivity index (χ4v) is 2.70. The molecule has 1 unspecified atom stereocenters. The average molecular weight is 271 g/mol. The number of nitrogen functional groups attached to an aromatic ring is 1. The molecule has 3 N–H and O–H groups in total. The summed E-state index contributed by atoms with van der Waals surface area (Å²) in [5.41, 5.74) is 3.58. The molecule has 0 amide bonds. The Hall–Kier alpha value is -0.760. The van der Waals surface area contributed by atoms with Crippen molar-refractivity contribution in [2.45, 2.75) is 38.8 Å². The van der Waals surface area contributed by atoms with E-state index in [0.29, 0.717) is 6.10 Å². The normalized spacial score (nSPS) is 21.1. The number of aromatic nitrogens is 2. The third-order valence-corrected chi connectivity index (χ3v) is 3.78. The van der Waals surface area contributed by atoms with Crippen LogP contribution in [-0.4, -0.2) is 40.3 Å². The number of likely N-dealkylation sites (tertiary alicyclic amines) is 1. The molecule has 1 atom stereocenters. The molecule has 0 bridgehead atoms. The molecule has 0 saturated carbocycles. The van der Waals surface area contributed by atoms with Gasteiger partial charge in [-0.3, -0.25) is 4.90 Å². The number of nitrogens with one attached hydrogen (secondary N) is 1. The van der Waals surface area contributed by atoms with Crippen LogP contribution in [0.3, 0.4) is 0 Å². The highest BCUT2D eigenvalue weighted by atomic mass is 32.1.